The Kier molecular flexibility index (Phi) is 5.69. The number of nitrogens with one attached hydrogen (secondary N) is 1. The van der Waals surface area contributed by atoms with Gasteiger partial charge in [-0.25, -0.2) is 8.42 Å². The average Bonchev–Trinajstić information content (AvgIpc) is 2.53. The molecule has 0 unspecified atom stereocenters. The fourth-order valence-corrected chi connectivity index (χ4v) is 3.00. The SMILES string of the molecule is COc1ccc(NC(=O)CN(c2ccc(Cl)cc2)S(C)(=O)=O)cc1. The maximum atomic E-state index is 12.2. The van der Waals surface area contributed by atoms with Gasteiger partial charge in [-0.05, 0) is 48.5 Å². The van der Waals surface area contributed by atoms with Crippen molar-refractivity contribution >= 4 is 38.9 Å². The van der Waals surface area contributed by atoms with Gasteiger partial charge in [0.15, 0.2) is 0 Å². The van der Waals surface area contributed by atoms with Crippen LogP contribution in [0.5, 0.6) is 5.75 Å². The highest BCUT2D eigenvalue weighted by Crippen LogP contribution is 2.21. The van der Waals surface area contributed by atoms with Gasteiger partial charge in [0.25, 0.3) is 0 Å². The molecule has 6 nitrogen and oxygen atoms in total. The number of halogens is 1. The zero-order valence-electron chi connectivity index (χ0n) is 13.2. The summed E-state index contributed by atoms with van der Waals surface area (Å²) in [5, 5.41) is 3.13. The molecule has 0 aliphatic rings. The van der Waals surface area contributed by atoms with E-state index in [0.717, 1.165) is 10.6 Å². The van der Waals surface area contributed by atoms with E-state index in [1.54, 1.807) is 55.6 Å². The van der Waals surface area contributed by atoms with E-state index in [-0.39, 0.29) is 6.54 Å². The molecule has 0 heterocycles. The van der Waals surface area contributed by atoms with Crippen LogP contribution in [0.3, 0.4) is 0 Å². The van der Waals surface area contributed by atoms with Gasteiger partial charge in [0.2, 0.25) is 15.9 Å². The minimum Gasteiger partial charge on any atom is -0.497 e. The van der Waals surface area contributed by atoms with Crippen molar-refractivity contribution in [3.05, 3.63) is 53.6 Å². The van der Waals surface area contributed by atoms with Crippen LogP contribution < -0.4 is 14.4 Å². The van der Waals surface area contributed by atoms with Gasteiger partial charge in [0.05, 0.1) is 19.1 Å². The van der Waals surface area contributed by atoms with E-state index in [4.69, 9.17) is 16.3 Å². The Balaban J connectivity index is 2.14. The summed E-state index contributed by atoms with van der Waals surface area (Å²) in [5.74, 6) is 0.201. The summed E-state index contributed by atoms with van der Waals surface area (Å²) in [7, 11) is -2.07. The summed E-state index contributed by atoms with van der Waals surface area (Å²) in [6, 6.07) is 13.0. The summed E-state index contributed by atoms with van der Waals surface area (Å²) in [6.07, 6.45) is 1.04. The van der Waals surface area contributed by atoms with Gasteiger partial charge in [0, 0.05) is 10.7 Å². The Bertz CT molecular complexity index is 805. The molecule has 2 aromatic carbocycles. The van der Waals surface area contributed by atoms with Crippen LogP contribution in [0.25, 0.3) is 0 Å². The largest absolute Gasteiger partial charge is 0.497 e. The van der Waals surface area contributed by atoms with Crippen LogP contribution in [-0.4, -0.2) is 34.2 Å². The van der Waals surface area contributed by atoms with Crippen molar-refractivity contribution in [1.29, 1.82) is 0 Å². The highest BCUT2D eigenvalue weighted by atomic mass is 35.5. The summed E-state index contributed by atoms with van der Waals surface area (Å²) >= 11 is 5.81. The van der Waals surface area contributed by atoms with Gasteiger partial charge in [-0.15, -0.1) is 0 Å². The molecule has 0 saturated carbocycles. The standard InChI is InChI=1S/C16H17ClN2O4S/c1-23-15-9-5-13(6-10-15)18-16(20)11-19(24(2,21)22)14-7-3-12(17)4-8-14/h3-10H,11H2,1-2H3,(H,18,20). The summed E-state index contributed by atoms with van der Waals surface area (Å²) in [4.78, 5) is 12.2. The lowest BCUT2D eigenvalue weighted by molar-refractivity contribution is -0.114. The van der Waals surface area contributed by atoms with Crippen LogP contribution in [0.15, 0.2) is 48.5 Å². The first-order valence-electron chi connectivity index (χ1n) is 6.97. The lowest BCUT2D eigenvalue weighted by Crippen LogP contribution is -2.37. The molecule has 0 spiro atoms. The Morgan fingerprint density at radius 3 is 2.21 bits per heavy atom. The van der Waals surface area contributed by atoms with Crippen LogP contribution >= 0.6 is 11.6 Å². The second kappa shape index (κ2) is 7.55. The molecular formula is C16H17ClN2O4S. The van der Waals surface area contributed by atoms with Crippen molar-refractivity contribution in [3.63, 3.8) is 0 Å². The fourth-order valence-electron chi connectivity index (χ4n) is 2.01. The van der Waals surface area contributed by atoms with E-state index in [9.17, 15) is 13.2 Å². The highest BCUT2D eigenvalue weighted by Gasteiger charge is 2.20. The van der Waals surface area contributed by atoms with Gasteiger partial charge in [-0.3, -0.25) is 9.10 Å². The minimum absolute atomic E-state index is 0.341. The number of carbonyl (C=O) groups excluding carboxylic acids is 1. The predicted molar refractivity (Wildman–Crippen MR) is 95.3 cm³/mol. The Labute approximate surface area is 146 Å². The van der Waals surface area contributed by atoms with Crippen molar-refractivity contribution in [2.75, 3.05) is 29.5 Å². The van der Waals surface area contributed by atoms with Gasteiger partial charge >= 0.3 is 0 Å². The normalized spacial score (nSPS) is 11.0. The number of nitrogens with zero attached hydrogens (tertiary/aromatic N) is 1. The molecule has 128 valence electrons. The second-order valence-corrected chi connectivity index (χ2v) is 7.37. The topological polar surface area (TPSA) is 75.7 Å². The maximum Gasteiger partial charge on any atom is 0.245 e. The first-order chi connectivity index (χ1) is 11.3. The molecule has 0 saturated heterocycles. The number of carbonyl (C=O) groups is 1. The van der Waals surface area contributed by atoms with Gasteiger partial charge in [-0.1, -0.05) is 11.6 Å². The average molecular weight is 369 g/mol. The molecule has 0 bridgehead atoms. The first kappa shape index (κ1) is 18.1. The molecule has 2 aromatic rings. The second-order valence-electron chi connectivity index (χ2n) is 5.02. The number of ether oxygens (including phenoxy) is 1. The third-order valence-electron chi connectivity index (χ3n) is 3.18. The van der Waals surface area contributed by atoms with Crippen molar-refractivity contribution in [3.8, 4) is 5.75 Å². The van der Waals surface area contributed by atoms with Crippen LogP contribution in [0, 0.1) is 0 Å². The number of sulfonamides is 1. The van der Waals surface area contributed by atoms with E-state index in [0.29, 0.717) is 22.1 Å². The number of rotatable bonds is 6. The van der Waals surface area contributed by atoms with E-state index >= 15 is 0 Å². The number of hydrogen-bond donors (Lipinski definition) is 1. The highest BCUT2D eigenvalue weighted by molar-refractivity contribution is 7.92. The quantitative estimate of drug-likeness (QED) is 0.850. The number of hydrogen-bond acceptors (Lipinski definition) is 4. The monoisotopic (exact) mass is 368 g/mol. The molecule has 0 radical (unpaired) electrons. The maximum absolute atomic E-state index is 12.2. The van der Waals surface area contributed by atoms with Crippen molar-refractivity contribution in [2.45, 2.75) is 0 Å². The molecule has 24 heavy (non-hydrogen) atoms. The zero-order chi connectivity index (χ0) is 17.7. The lowest BCUT2D eigenvalue weighted by atomic mass is 10.3. The number of amides is 1. The third-order valence-corrected chi connectivity index (χ3v) is 4.57. The van der Waals surface area contributed by atoms with Crippen LogP contribution in [0.2, 0.25) is 5.02 Å². The summed E-state index contributed by atoms with van der Waals surface area (Å²) in [6.45, 7) is -0.341. The van der Waals surface area contributed by atoms with Crippen molar-refractivity contribution in [1.82, 2.24) is 0 Å². The van der Waals surface area contributed by atoms with Gasteiger partial charge in [0.1, 0.15) is 12.3 Å². The van der Waals surface area contributed by atoms with E-state index in [1.807, 2.05) is 0 Å². The van der Waals surface area contributed by atoms with Gasteiger partial charge < -0.3 is 10.1 Å². The zero-order valence-corrected chi connectivity index (χ0v) is 14.8. The summed E-state index contributed by atoms with van der Waals surface area (Å²) < 4.78 is 30.0. The molecule has 1 amide bonds. The van der Waals surface area contributed by atoms with Crippen molar-refractivity contribution in [2.24, 2.45) is 0 Å². The van der Waals surface area contributed by atoms with Gasteiger partial charge in [-0.2, -0.15) is 0 Å². The number of methoxy groups -OCH3 is 1. The van der Waals surface area contributed by atoms with Crippen LogP contribution in [-0.2, 0) is 14.8 Å². The molecule has 2 rings (SSSR count). The molecule has 1 N–H and O–H groups in total. The summed E-state index contributed by atoms with van der Waals surface area (Å²) in [5.41, 5.74) is 0.914. The Morgan fingerprint density at radius 1 is 1.12 bits per heavy atom. The molecule has 0 atom stereocenters. The third kappa shape index (κ3) is 4.87. The molecule has 0 fully saturated rings. The molecule has 0 aromatic heterocycles. The number of benzene rings is 2. The lowest BCUT2D eigenvalue weighted by Gasteiger charge is -2.22. The Hall–Kier alpha value is -2.25. The predicted octanol–water partition coefficient (Wildman–Crippen LogP) is 2.75. The Morgan fingerprint density at radius 2 is 1.71 bits per heavy atom. The van der Waals surface area contributed by atoms with Crippen molar-refractivity contribution < 1.29 is 17.9 Å². The van der Waals surface area contributed by atoms with E-state index in [1.165, 1.54) is 0 Å². The first-order valence-corrected chi connectivity index (χ1v) is 9.19. The molecule has 0 aliphatic carbocycles. The van der Waals surface area contributed by atoms with E-state index in [2.05, 4.69) is 5.32 Å². The van der Waals surface area contributed by atoms with E-state index < -0.39 is 15.9 Å². The number of anilines is 2. The molecule has 0 aliphatic heterocycles. The minimum atomic E-state index is -3.62. The smallest absolute Gasteiger partial charge is 0.245 e. The fraction of sp³-hybridized carbons (Fsp3) is 0.188. The van der Waals surface area contributed by atoms with Crippen LogP contribution in [0.4, 0.5) is 11.4 Å². The molecular weight excluding hydrogens is 352 g/mol. The molecule has 8 heteroatoms. The van der Waals surface area contributed by atoms with Crippen LogP contribution in [0.1, 0.15) is 0 Å².